The molecule has 0 aliphatic heterocycles. The highest BCUT2D eigenvalue weighted by Gasteiger charge is 1.77. The van der Waals surface area contributed by atoms with Crippen molar-refractivity contribution < 1.29 is 6.22 Å². The molecule has 0 rings (SSSR count). The molecule has 0 spiro atoms. The molecule has 0 unspecified atom stereocenters. The van der Waals surface area contributed by atoms with Crippen LogP contribution in [0, 0.1) is 0 Å². The molecule has 0 saturated heterocycles. The van der Waals surface area contributed by atoms with Gasteiger partial charge in [-0.3, -0.25) is 4.79 Å². The van der Waals surface area contributed by atoms with Gasteiger partial charge in [-0.1, -0.05) is 6.92 Å². The quantitative estimate of drug-likeness (QED) is 0.473. The Morgan fingerprint density at radius 1 is 2.20 bits per heavy atom. The molecule has 0 aromatic heterocycles. The van der Waals surface area contributed by atoms with Gasteiger partial charge in [-0.15, -0.1) is 0 Å². The van der Waals surface area contributed by atoms with E-state index in [1.54, 1.807) is 6.92 Å². The van der Waals surface area contributed by atoms with Crippen LogP contribution >= 0.6 is 0 Å². The lowest BCUT2D eigenvalue weighted by molar-refractivity contribution is -0.117. The number of rotatable bonds is 1. The summed E-state index contributed by atoms with van der Waals surface area (Å²) in [7, 11) is 0. The fourth-order valence-corrected chi connectivity index (χ4v) is 0. The standard InChI is InChI=1S/C3H7NO.H2/c1-2-3(4)5;/h2H2,1H3,(H2,4,5);1H. The second kappa shape index (κ2) is 1.76. The van der Waals surface area contributed by atoms with E-state index in [9.17, 15) is 4.79 Å². The zero-order chi connectivity index (χ0) is 4.28. The first kappa shape index (κ1) is 4.47. The van der Waals surface area contributed by atoms with Crippen LogP contribution in [-0.2, 0) is 4.79 Å². The summed E-state index contributed by atoms with van der Waals surface area (Å²) in [6.45, 7) is 1.72. The Morgan fingerprint density at radius 2 is 2.40 bits per heavy atom. The van der Waals surface area contributed by atoms with Gasteiger partial charge in [0.05, 0.1) is 0 Å². The van der Waals surface area contributed by atoms with Crippen molar-refractivity contribution in [2.24, 2.45) is 5.73 Å². The lowest BCUT2D eigenvalue weighted by atomic mass is 10.5. The third-order valence-electron chi connectivity index (χ3n) is 0.348. The minimum atomic E-state index is -0.245. The number of hydrogen-bond acceptors (Lipinski definition) is 1. The molecule has 0 bridgehead atoms. The van der Waals surface area contributed by atoms with Gasteiger partial charge in [0.15, 0.2) is 0 Å². The maximum absolute atomic E-state index is 9.59. The van der Waals surface area contributed by atoms with Crippen LogP contribution < -0.4 is 5.73 Å². The normalized spacial score (nSPS) is 7.40. The summed E-state index contributed by atoms with van der Waals surface area (Å²) in [6.07, 6.45) is 0.444. The van der Waals surface area contributed by atoms with Crippen LogP contribution in [0.2, 0.25) is 0 Å². The van der Waals surface area contributed by atoms with E-state index in [4.69, 9.17) is 0 Å². The summed E-state index contributed by atoms with van der Waals surface area (Å²) in [4.78, 5) is 9.59. The fourth-order valence-electron chi connectivity index (χ4n) is 0. The number of amides is 1. The van der Waals surface area contributed by atoms with Crippen molar-refractivity contribution in [3.05, 3.63) is 0 Å². The highest BCUT2D eigenvalue weighted by molar-refractivity contribution is 5.73. The smallest absolute Gasteiger partial charge is 0.217 e. The Kier molecular flexibility index (Phi) is 1.57. The molecule has 1 amide bonds. The topological polar surface area (TPSA) is 43.1 Å². The number of hydrogen-bond donors (Lipinski definition) is 1. The van der Waals surface area contributed by atoms with Gasteiger partial charge in [-0.05, 0) is 0 Å². The van der Waals surface area contributed by atoms with Crippen LogP contribution in [0.15, 0.2) is 0 Å². The van der Waals surface area contributed by atoms with E-state index in [0.29, 0.717) is 6.42 Å². The maximum atomic E-state index is 9.59. The zero-order valence-electron chi connectivity index (χ0n) is 3.19. The molecule has 2 N–H and O–H groups in total. The molecule has 0 atom stereocenters. The third-order valence-corrected chi connectivity index (χ3v) is 0.348. The Morgan fingerprint density at radius 3 is 2.40 bits per heavy atom. The molecule has 0 saturated carbocycles. The van der Waals surface area contributed by atoms with Gasteiger partial charge in [0.2, 0.25) is 5.91 Å². The summed E-state index contributed by atoms with van der Waals surface area (Å²) >= 11 is 0. The maximum Gasteiger partial charge on any atom is 0.217 e. The molecule has 32 valence electrons. The van der Waals surface area contributed by atoms with Crippen molar-refractivity contribution >= 4 is 5.91 Å². The van der Waals surface area contributed by atoms with Gasteiger partial charge >= 0.3 is 0 Å². The largest absolute Gasteiger partial charge is 0.370 e. The van der Waals surface area contributed by atoms with Crippen molar-refractivity contribution in [3.8, 4) is 0 Å². The van der Waals surface area contributed by atoms with Crippen molar-refractivity contribution in [2.45, 2.75) is 13.3 Å². The Bertz CT molecular complexity index is 46.1. The van der Waals surface area contributed by atoms with Crippen LogP contribution in [0.5, 0.6) is 0 Å². The van der Waals surface area contributed by atoms with Gasteiger partial charge in [0, 0.05) is 7.85 Å². The number of carbonyl (C=O) groups is 1. The predicted molar refractivity (Wildman–Crippen MR) is 21.6 cm³/mol. The van der Waals surface area contributed by atoms with Gasteiger partial charge in [0.1, 0.15) is 0 Å². The summed E-state index contributed by atoms with van der Waals surface area (Å²) in [5.74, 6) is -0.245. The van der Waals surface area contributed by atoms with Crippen LogP contribution in [0.4, 0.5) is 0 Å². The first-order valence-electron chi connectivity index (χ1n) is 1.55. The lowest BCUT2D eigenvalue weighted by Crippen LogP contribution is -2.06. The van der Waals surface area contributed by atoms with Crippen LogP contribution in [-0.4, -0.2) is 5.91 Å². The molecular weight excluding hydrogens is 66.0 g/mol. The first-order chi connectivity index (χ1) is 2.27. The van der Waals surface area contributed by atoms with Crippen LogP contribution in [0.1, 0.15) is 14.8 Å². The molecule has 0 aliphatic carbocycles. The van der Waals surface area contributed by atoms with E-state index in [2.05, 4.69) is 5.73 Å². The molecule has 0 aromatic rings. The Labute approximate surface area is 32.5 Å². The zero-order valence-corrected chi connectivity index (χ0v) is 3.19. The summed E-state index contributed by atoms with van der Waals surface area (Å²) in [6, 6.07) is 0. The average Bonchev–Trinajstić information content (AvgIpc) is 1.38. The molecule has 0 heterocycles. The molecule has 0 fully saturated rings. The highest BCUT2D eigenvalue weighted by Crippen LogP contribution is 1.63. The van der Waals surface area contributed by atoms with E-state index in [-0.39, 0.29) is 7.33 Å². The van der Waals surface area contributed by atoms with E-state index in [1.165, 1.54) is 0 Å². The van der Waals surface area contributed by atoms with Crippen LogP contribution in [0.3, 0.4) is 0 Å². The van der Waals surface area contributed by atoms with Crippen LogP contribution in [0.25, 0.3) is 0 Å². The minimum Gasteiger partial charge on any atom is -0.370 e. The molecule has 0 radical (unpaired) electrons. The van der Waals surface area contributed by atoms with E-state index in [1.807, 2.05) is 0 Å². The van der Waals surface area contributed by atoms with Gasteiger partial charge in [-0.25, -0.2) is 0 Å². The molecule has 2 heteroatoms. The Balaban J connectivity index is 0. The molecular formula is C3H9NO. The summed E-state index contributed by atoms with van der Waals surface area (Å²) in [5, 5.41) is 0. The molecule has 0 aliphatic rings. The van der Waals surface area contributed by atoms with Crippen molar-refractivity contribution in [2.75, 3.05) is 0 Å². The van der Waals surface area contributed by atoms with E-state index >= 15 is 0 Å². The van der Waals surface area contributed by atoms with Crippen molar-refractivity contribution in [1.29, 1.82) is 0 Å². The highest BCUT2D eigenvalue weighted by atomic mass is 16.1. The third kappa shape index (κ3) is 3.47. The van der Waals surface area contributed by atoms with Crippen molar-refractivity contribution in [1.82, 2.24) is 0 Å². The Hall–Kier alpha value is -0.530. The number of carbonyl (C=O) groups excluding carboxylic acids is 1. The molecule has 2 nitrogen and oxygen atoms in total. The average molecular weight is 75.1 g/mol. The van der Waals surface area contributed by atoms with E-state index < -0.39 is 0 Å². The second-order valence-corrected chi connectivity index (χ2v) is 0.820. The minimum absolute atomic E-state index is 0. The summed E-state index contributed by atoms with van der Waals surface area (Å²) in [5.41, 5.74) is 4.65. The fraction of sp³-hybridized carbons (Fsp3) is 0.667. The van der Waals surface area contributed by atoms with Crippen molar-refractivity contribution in [3.63, 3.8) is 0 Å². The molecule has 0 aromatic carbocycles. The lowest BCUT2D eigenvalue weighted by Gasteiger charge is -1.73. The number of nitrogens with two attached hydrogens (primary N) is 1. The van der Waals surface area contributed by atoms with Gasteiger partial charge < -0.3 is 5.73 Å². The number of primary amides is 1. The first-order valence-corrected chi connectivity index (χ1v) is 1.55. The molecule has 5 heavy (non-hydrogen) atoms. The van der Waals surface area contributed by atoms with Gasteiger partial charge in [-0.2, -0.15) is 0 Å². The van der Waals surface area contributed by atoms with E-state index in [0.717, 1.165) is 0 Å². The monoisotopic (exact) mass is 75.1 g/mol. The van der Waals surface area contributed by atoms with Gasteiger partial charge in [0.25, 0.3) is 0 Å². The summed E-state index contributed by atoms with van der Waals surface area (Å²) < 4.78 is 0. The predicted octanol–water partition coefficient (Wildman–Crippen LogP) is 0.128. The second-order valence-electron chi connectivity index (χ2n) is 0.820. The SMILES string of the molecule is CCC(N)=O.[HH].